The molecule has 0 spiro atoms. The Morgan fingerprint density at radius 2 is 1.19 bits per heavy atom. The average Bonchev–Trinajstić information content (AvgIpc) is 2.53. The van der Waals surface area contributed by atoms with E-state index in [9.17, 15) is 0 Å². The molecule has 1 nitrogen and oxygen atoms in total. The van der Waals surface area contributed by atoms with Crippen LogP contribution in [0.4, 0.5) is 0 Å². The molecule has 0 aliphatic rings. The van der Waals surface area contributed by atoms with Gasteiger partial charge in [-0.15, -0.1) is 11.0 Å². The molecule has 3 rings (SSSR count). The normalized spacial score (nSPS) is 10.6. The minimum absolute atomic E-state index is 0. The fraction of sp³-hybridized carbons (Fsp3) is 0. The van der Waals surface area contributed by atoms with Gasteiger partial charge >= 0.3 is 68.9 Å². The van der Waals surface area contributed by atoms with Crippen molar-refractivity contribution in [1.82, 2.24) is 4.98 Å². The van der Waals surface area contributed by atoms with E-state index in [0.29, 0.717) is 0 Å². The number of aromatic nitrogens is 1. The van der Waals surface area contributed by atoms with Crippen molar-refractivity contribution in [3.63, 3.8) is 0 Å². The Kier molecular flexibility index (Phi) is 4.69. The van der Waals surface area contributed by atoms with Gasteiger partial charge in [-0.2, -0.15) is 0 Å². The molecule has 0 aliphatic heterocycles. The summed E-state index contributed by atoms with van der Waals surface area (Å²) in [6.07, 6.45) is 0. The topological polar surface area (TPSA) is 14.1 Å². The van der Waals surface area contributed by atoms with Crippen LogP contribution in [0.25, 0.3) is 21.8 Å². The van der Waals surface area contributed by atoms with Crippen LogP contribution in [0.2, 0.25) is 0 Å². The molecule has 1 heterocycles. The quantitative estimate of drug-likeness (QED) is 0.500. The Bertz CT molecular complexity index is 604. The maximum absolute atomic E-state index is 4.58. The minimum atomic E-state index is 0. The molecule has 1 aromatic heterocycles. The van der Waals surface area contributed by atoms with E-state index in [1.807, 2.05) is 24.3 Å². The van der Waals surface area contributed by atoms with E-state index in [0.717, 1.165) is 20.0 Å². The van der Waals surface area contributed by atoms with Gasteiger partial charge in [0.25, 0.3) is 0 Å². The Morgan fingerprint density at radius 3 is 1.62 bits per heavy atom. The van der Waals surface area contributed by atoms with E-state index in [-0.39, 0.29) is 68.9 Å². The molecule has 0 radical (unpaired) electrons. The predicted molar refractivity (Wildman–Crippen MR) is 70.2 cm³/mol. The zero-order chi connectivity index (χ0) is 10.4. The van der Waals surface area contributed by atoms with E-state index >= 15 is 0 Å². The molecule has 0 unspecified atom stereocenters. The first-order valence-corrected chi connectivity index (χ1v) is 6.14. The molecule has 0 saturated heterocycles. The zero-order valence-electron chi connectivity index (χ0n) is 8.67. The van der Waals surface area contributed by atoms with Crippen LogP contribution in [0, 0.1) is 0 Å². The molecule has 0 amide bonds. The molecule has 3 aromatic rings. The number of fused-ring (bicyclic) bond motifs is 3. The summed E-state index contributed by atoms with van der Waals surface area (Å²) in [5.74, 6) is 0. The van der Waals surface area contributed by atoms with Gasteiger partial charge in [0.15, 0.2) is 0 Å². The van der Waals surface area contributed by atoms with E-state index in [4.69, 9.17) is 0 Å². The molecule has 0 atom stereocenters. The van der Waals surface area contributed by atoms with Crippen molar-refractivity contribution in [1.29, 1.82) is 0 Å². The van der Waals surface area contributed by atoms with Gasteiger partial charge in [0.05, 0.1) is 0 Å². The minimum Gasteiger partial charge on any atom is -0.657 e. The van der Waals surface area contributed by atoms with Gasteiger partial charge in [-0.05, 0) is 22.9 Å². The first kappa shape index (κ1) is 13.7. The van der Waals surface area contributed by atoms with Crippen molar-refractivity contribution < 1.29 is 68.9 Å². The average molecular weight is 457 g/mol. The smallest absolute Gasteiger partial charge is 0.657 e. The fourth-order valence-corrected chi connectivity index (χ4v) is 2.48. The monoisotopic (exact) mass is 455 g/mol. The van der Waals surface area contributed by atoms with Crippen LogP contribution in [-0.4, -0.2) is 0 Å². The molecular weight excluding hydrogens is 451 g/mol. The van der Waals surface area contributed by atoms with Crippen LogP contribution in [0.3, 0.4) is 0 Å². The number of benzene rings is 2. The van der Waals surface area contributed by atoms with Gasteiger partial charge in [-0.25, -0.2) is 0 Å². The molecule has 0 saturated carbocycles. The Labute approximate surface area is 169 Å². The molecule has 16 heavy (non-hydrogen) atoms. The van der Waals surface area contributed by atoms with Crippen LogP contribution in [0.1, 0.15) is 0 Å². The third-order valence-electron chi connectivity index (χ3n) is 2.45. The van der Waals surface area contributed by atoms with Gasteiger partial charge in [0.1, 0.15) is 0 Å². The Hall–Kier alpha value is 1.25. The van der Waals surface area contributed by atoms with E-state index < -0.39 is 0 Å². The second-order valence-corrected chi connectivity index (χ2v) is 5.27. The molecule has 0 bridgehead atoms. The van der Waals surface area contributed by atoms with E-state index in [1.54, 1.807) is 0 Å². The number of nitrogens with zero attached hydrogens (tertiary/aromatic N) is 1. The van der Waals surface area contributed by atoms with E-state index in [1.165, 1.54) is 10.8 Å². The maximum Gasteiger partial charge on any atom is 1.00 e. The summed E-state index contributed by atoms with van der Waals surface area (Å²) in [5.41, 5.74) is 2.08. The summed E-state index contributed by atoms with van der Waals surface area (Å²) in [7, 11) is 0. The van der Waals surface area contributed by atoms with Gasteiger partial charge in [-0.3, -0.25) is 0 Å². The van der Waals surface area contributed by atoms with Gasteiger partial charge in [-0.1, -0.05) is 56.1 Å². The number of halogens is 2. The molecule has 0 fully saturated rings. The Morgan fingerprint density at radius 1 is 0.750 bits per heavy atom. The maximum atomic E-state index is 4.58. The second-order valence-electron chi connectivity index (χ2n) is 3.43. The summed E-state index contributed by atoms with van der Waals surface area (Å²) < 4.78 is 2.13. The van der Waals surface area contributed by atoms with Crippen molar-refractivity contribution in [2.75, 3.05) is 0 Å². The van der Waals surface area contributed by atoms with Gasteiger partial charge in [0.2, 0.25) is 0 Å². The third-order valence-corrected chi connectivity index (χ3v) is 3.44. The summed E-state index contributed by atoms with van der Waals surface area (Å²) in [4.78, 5) is 4.58. The molecular formula is C12H6Br2CsN. The molecule has 4 heteroatoms. The van der Waals surface area contributed by atoms with Crippen LogP contribution in [0.5, 0.6) is 0 Å². The first-order chi connectivity index (χ1) is 7.24. The van der Waals surface area contributed by atoms with Crippen LogP contribution >= 0.6 is 31.9 Å². The van der Waals surface area contributed by atoms with Gasteiger partial charge in [0, 0.05) is 8.95 Å². The molecule has 2 aromatic carbocycles. The van der Waals surface area contributed by atoms with Crippen molar-refractivity contribution in [2.45, 2.75) is 0 Å². The number of hydrogen-bond donors (Lipinski definition) is 0. The zero-order valence-corrected chi connectivity index (χ0v) is 18.1. The predicted octanol–water partition coefficient (Wildman–Crippen LogP) is 1.48. The summed E-state index contributed by atoms with van der Waals surface area (Å²) in [6.45, 7) is 0. The van der Waals surface area contributed by atoms with Crippen LogP contribution < -0.4 is 73.9 Å². The second kappa shape index (κ2) is 5.49. The van der Waals surface area contributed by atoms with Crippen LogP contribution in [0.15, 0.2) is 45.3 Å². The first-order valence-electron chi connectivity index (χ1n) is 4.55. The number of rotatable bonds is 0. The molecule has 0 N–H and O–H groups in total. The summed E-state index contributed by atoms with van der Waals surface area (Å²) in [5, 5.41) is 2.42. The Balaban J connectivity index is 0.000000963. The number of hydrogen-bond acceptors (Lipinski definition) is 0. The van der Waals surface area contributed by atoms with Crippen molar-refractivity contribution in [2.24, 2.45) is 0 Å². The van der Waals surface area contributed by atoms with Crippen molar-refractivity contribution in [3.05, 3.63) is 45.3 Å². The third kappa shape index (κ3) is 2.49. The SMILES string of the molecule is Brc1ccc2c(c1)[n-]c1cc(Br)ccc12.[Cs+]. The largest absolute Gasteiger partial charge is 1.00 e. The summed E-state index contributed by atoms with van der Waals surface area (Å²) in [6, 6.07) is 12.4. The van der Waals surface area contributed by atoms with Crippen LogP contribution in [-0.2, 0) is 0 Å². The standard InChI is InChI=1S/C12H6Br2N.Cs/c13-7-1-3-9-10-4-2-8(14)6-12(10)15-11(9)5-7;/h1-6H;/q-1;+1. The molecule has 0 aliphatic carbocycles. The van der Waals surface area contributed by atoms with Crippen molar-refractivity contribution >= 4 is 53.7 Å². The van der Waals surface area contributed by atoms with Crippen molar-refractivity contribution in [3.8, 4) is 0 Å². The molecule has 74 valence electrons. The van der Waals surface area contributed by atoms with E-state index in [2.05, 4.69) is 49.0 Å². The van der Waals surface area contributed by atoms with Gasteiger partial charge < -0.3 is 4.98 Å². The fourth-order valence-electron chi connectivity index (χ4n) is 1.78. The summed E-state index contributed by atoms with van der Waals surface area (Å²) >= 11 is 6.91.